The fourth-order valence-electron chi connectivity index (χ4n) is 4.08. The average Bonchev–Trinajstić information content (AvgIpc) is 3.14. The van der Waals surface area contributed by atoms with Gasteiger partial charge < -0.3 is 14.4 Å². The van der Waals surface area contributed by atoms with Gasteiger partial charge in [-0.1, -0.05) is 12.1 Å². The van der Waals surface area contributed by atoms with Crippen LogP contribution in [0.3, 0.4) is 0 Å². The molecule has 2 aliphatic rings. The van der Waals surface area contributed by atoms with Crippen LogP contribution in [0.5, 0.6) is 0 Å². The van der Waals surface area contributed by atoms with Crippen molar-refractivity contribution in [1.82, 2.24) is 9.88 Å². The zero-order valence-electron chi connectivity index (χ0n) is 15.7. The number of hydrogen-bond donors (Lipinski definition) is 0. The molecule has 0 aliphatic carbocycles. The fraction of sp³-hybridized carbons (Fsp3) is 0.409. The molecule has 2 saturated heterocycles. The van der Waals surface area contributed by atoms with E-state index in [1.165, 1.54) is 0 Å². The van der Waals surface area contributed by atoms with Crippen molar-refractivity contribution in [1.29, 1.82) is 5.26 Å². The third kappa shape index (κ3) is 3.77. The number of carbonyl (C=O) groups excluding carboxylic acids is 1. The normalized spacial score (nSPS) is 20.0. The van der Waals surface area contributed by atoms with Crippen LogP contribution < -0.4 is 0 Å². The van der Waals surface area contributed by atoms with Crippen molar-refractivity contribution in [2.45, 2.75) is 25.0 Å². The molecule has 1 amide bonds. The lowest BCUT2D eigenvalue weighted by Crippen LogP contribution is -2.66. The summed E-state index contributed by atoms with van der Waals surface area (Å²) in [7, 11) is 0. The van der Waals surface area contributed by atoms with Crippen molar-refractivity contribution in [2.24, 2.45) is 5.92 Å². The van der Waals surface area contributed by atoms with Gasteiger partial charge in [-0.15, -0.1) is 0 Å². The number of ether oxygens (including phenoxy) is 2. The maximum absolute atomic E-state index is 12.7. The first kappa shape index (κ1) is 18.6. The highest BCUT2D eigenvalue weighted by molar-refractivity contribution is 5.95. The Labute approximate surface area is 164 Å². The minimum atomic E-state index is -0.239. The van der Waals surface area contributed by atoms with E-state index < -0.39 is 0 Å². The molecule has 2 aromatic rings. The van der Waals surface area contributed by atoms with Gasteiger partial charge in [-0.25, -0.2) is 0 Å². The molecule has 1 spiro atoms. The van der Waals surface area contributed by atoms with E-state index in [4.69, 9.17) is 14.7 Å². The topological polar surface area (TPSA) is 75.5 Å². The molecule has 0 saturated carbocycles. The Morgan fingerprint density at radius 2 is 2.21 bits per heavy atom. The molecule has 1 aromatic heterocycles. The van der Waals surface area contributed by atoms with Crippen LogP contribution in [-0.4, -0.2) is 47.7 Å². The van der Waals surface area contributed by atoms with E-state index in [1.54, 1.807) is 30.5 Å². The number of benzene rings is 1. The number of pyridine rings is 1. The van der Waals surface area contributed by atoms with Gasteiger partial charge in [0.15, 0.2) is 0 Å². The third-order valence-electron chi connectivity index (χ3n) is 5.63. The smallest absolute Gasteiger partial charge is 0.254 e. The molecule has 0 N–H and O–H groups in total. The van der Waals surface area contributed by atoms with Crippen LogP contribution in [0.4, 0.5) is 0 Å². The highest BCUT2D eigenvalue weighted by Crippen LogP contribution is 2.42. The first-order valence-electron chi connectivity index (χ1n) is 9.61. The number of amides is 1. The summed E-state index contributed by atoms with van der Waals surface area (Å²) in [6.07, 6.45) is 3.68. The summed E-state index contributed by atoms with van der Waals surface area (Å²) in [4.78, 5) is 18.8. The maximum atomic E-state index is 12.7. The van der Waals surface area contributed by atoms with E-state index in [0.29, 0.717) is 43.3 Å². The van der Waals surface area contributed by atoms with Crippen LogP contribution in [0.15, 0.2) is 48.7 Å². The zero-order chi connectivity index (χ0) is 19.4. The Bertz CT molecular complexity index is 872. The van der Waals surface area contributed by atoms with Gasteiger partial charge in [-0.2, -0.15) is 5.26 Å². The van der Waals surface area contributed by atoms with E-state index in [9.17, 15) is 4.79 Å². The molecule has 3 heterocycles. The van der Waals surface area contributed by atoms with Crippen molar-refractivity contribution < 1.29 is 14.3 Å². The van der Waals surface area contributed by atoms with Crippen molar-refractivity contribution in [3.05, 3.63) is 65.5 Å². The minimum absolute atomic E-state index is 0.0385. The lowest BCUT2D eigenvalue weighted by Gasteiger charge is -2.50. The van der Waals surface area contributed by atoms with Crippen LogP contribution in [-0.2, 0) is 16.1 Å². The monoisotopic (exact) mass is 377 g/mol. The Balaban J connectivity index is 1.28. The van der Waals surface area contributed by atoms with Gasteiger partial charge in [0.25, 0.3) is 5.91 Å². The molecule has 0 unspecified atom stereocenters. The van der Waals surface area contributed by atoms with Gasteiger partial charge in [0.2, 0.25) is 0 Å². The van der Waals surface area contributed by atoms with Crippen LogP contribution in [0, 0.1) is 17.2 Å². The Kier molecular flexibility index (Phi) is 5.38. The van der Waals surface area contributed by atoms with Crippen LogP contribution in [0.25, 0.3) is 0 Å². The minimum Gasteiger partial charge on any atom is -0.375 e. The Morgan fingerprint density at radius 3 is 3.00 bits per heavy atom. The molecule has 6 heteroatoms. The predicted octanol–water partition coefficient (Wildman–Crippen LogP) is 2.79. The predicted molar refractivity (Wildman–Crippen MR) is 102 cm³/mol. The van der Waals surface area contributed by atoms with Crippen molar-refractivity contribution in [3.63, 3.8) is 0 Å². The summed E-state index contributed by atoms with van der Waals surface area (Å²) in [6, 6.07) is 14.7. The molecule has 1 atom stereocenters. The van der Waals surface area contributed by atoms with E-state index >= 15 is 0 Å². The number of rotatable bonds is 6. The Hall–Kier alpha value is -2.75. The summed E-state index contributed by atoms with van der Waals surface area (Å²) in [6.45, 7) is 3.11. The molecule has 28 heavy (non-hydrogen) atoms. The standard InChI is InChI=1S/C22H23N3O3/c23-13-17-4-3-5-18(12-17)21(26)25-15-22(16-25)19(8-11-28-22)7-10-27-14-20-6-1-2-9-24-20/h1-6,9,12,19H,7-8,10-11,14-16H2/t19-/m0/s1. The number of nitriles is 1. The average molecular weight is 377 g/mol. The van der Waals surface area contributed by atoms with Crippen LogP contribution in [0.2, 0.25) is 0 Å². The molecule has 6 nitrogen and oxygen atoms in total. The number of carbonyl (C=O) groups is 1. The molecule has 2 aliphatic heterocycles. The van der Waals surface area contributed by atoms with Gasteiger partial charge >= 0.3 is 0 Å². The van der Waals surface area contributed by atoms with E-state index in [1.807, 2.05) is 23.1 Å². The third-order valence-corrected chi connectivity index (χ3v) is 5.63. The van der Waals surface area contributed by atoms with Crippen molar-refractivity contribution in [3.8, 4) is 6.07 Å². The van der Waals surface area contributed by atoms with Crippen LogP contribution in [0.1, 0.15) is 34.5 Å². The molecule has 144 valence electrons. The second-order valence-corrected chi connectivity index (χ2v) is 7.41. The molecule has 0 radical (unpaired) electrons. The summed E-state index contributed by atoms with van der Waals surface area (Å²) in [5, 5.41) is 9.02. The number of hydrogen-bond acceptors (Lipinski definition) is 5. The highest BCUT2D eigenvalue weighted by atomic mass is 16.5. The summed E-state index contributed by atoms with van der Waals surface area (Å²) in [5.74, 6) is 0.356. The van der Waals surface area contributed by atoms with E-state index in [2.05, 4.69) is 11.1 Å². The summed E-state index contributed by atoms with van der Waals surface area (Å²) in [5.41, 5.74) is 1.75. The number of nitrogens with zero attached hydrogens (tertiary/aromatic N) is 3. The SMILES string of the molecule is N#Cc1cccc(C(=O)N2CC3(C2)OCC[C@@H]3CCOCc2ccccn2)c1. The number of likely N-dealkylation sites (tertiary alicyclic amines) is 1. The fourth-order valence-corrected chi connectivity index (χ4v) is 4.08. The zero-order valence-corrected chi connectivity index (χ0v) is 15.7. The molecule has 0 bridgehead atoms. The van der Waals surface area contributed by atoms with Gasteiger partial charge in [0.05, 0.1) is 37.0 Å². The second-order valence-electron chi connectivity index (χ2n) is 7.41. The second kappa shape index (κ2) is 8.09. The van der Waals surface area contributed by atoms with Gasteiger partial charge in [0, 0.05) is 25.0 Å². The van der Waals surface area contributed by atoms with E-state index in [-0.39, 0.29) is 11.5 Å². The number of aromatic nitrogens is 1. The first-order valence-corrected chi connectivity index (χ1v) is 9.61. The largest absolute Gasteiger partial charge is 0.375 e. The van der Waals surface area contributed by atoms with Gasteiger partial charge in [-0.05, 0) is 49.1 Å². The first-order chi connectivity index (χ1) is 13.7. The van der Waals surface area contributed by atoms with Gasteiger partial charge in [0.1, 0.15) is 5.60 Å². The van der Waals surface area contributed by atoms with Crippen LogP contribution >= 0.6 is 0 Å². The maximum Gasteiger partial charge on any atom is 0.254 e. The molecular weight excluding hydrogens is 354 g/mol. The quantitative estimate of drug-likeness (QED) is 0.724. The summed E-state index contributed by atoms with van der Waals surface area (Å²) < 4.78 is 11.8. The summed E-state index contributed by atoms with van der Waals surface area (Å²) >= 11 is 0. The lowest BCUT2D eigenvalue weighted by atomic mass is 9.79. The Morgan fingerprint density at radius 1 is 1.32 bits per heavy atom. The molecule has 4 rings (SSSR count). The van der Waals surface area contributed by atoms with E-state index in [0.717, 1.165) is 25.1 Å². The lowest BCUT2D eigenvalue weighted by molar-refractivity contribution is -0.120. The molecule has 2 fully saturated rings. The highest BCUT2D eigenvalue weighted by Gasteiger charge is 2.54. The molecular formula is C22H23N3O3. The van der Waals surface area contributed by atoms with Crippen molar-refractivity contribution in [2.75, 3.05) is 26.3 Å². The van der Waals surface area contributed by atoms with Gasteiger partial charge in [-0.3, -0.25) is 9.78 Å². The molecule has 1 aromatic carbocycles. The van der Waals surface area contributed by atoms with Crippen molar-refractivity contribution >= 4 is 5.91 Å².